The molecule has 5 nitrogen and oxygen atoms in total. The number of benzene rings is 1. The number of hydrogen-bond donors (Lipinski definition) is 1. The van der Waals surface area contributed by atoms with Crippen LogP contribution in [-0.2, 0) is 13.5 Å². The van der Waals surface area contributed by atoms with Gasteiger partial charge in [-0.2, -0.15) is 5.10 Å². The standard InChI is InChI=1S/C15H18BrN5/c1-4-5-12-13-14(20(3)19-12)21(15(17)18-13)10-6-7-11(16)9(2)8-10/h6-8H,4-5H2,1-3H3,(H2,17,18). The molecular formula is C15H18BrN5. The summed E-state index contributed by atoms with van der Waals surface area (Å²) in [5, 5.41) is 4.58. The van der Waals surface area contributed by atoms with Crippen LogP contribution in [0.3, 0.4) is 0 Å². The molecule has 2 aromatic heterocycles. The number of imidazole rings is 1. The number of fused-ring (bicyclic) bond motifs is 1. The second kappa shape index (κ2) is 5.18. The van der Waals surface area contributed by atoms with Gasteiger partial charge in [0.15, 0.2) is 5.65 Å². The van der Waals surface area contributed by atoms with Crippen molar-refractivity contribution >= 4 is 33.0 Å². The lowest BCUT2D eigenvalue weighted by Gasteiger charge is -2.08. The maximum atomic E-state index is 6.15. The Morgan fingerprint density at radius 2 is 2.10 bits per heavy atom. The highest BCUT2D eigenvalue weighted by atomic mass is 79.9. The molecule has 0 atom stereocenters. The maximum Gasteiger partial charge on any atom is 0.207 e. The van der Waals surface area contributed by atoms with Crippen molar-refractivity contribution in [3.8, 4) is 5.69 Å². The van der Waals surface area contributed by atoms with E-state index in [-0.39, 0.29) is 0 Å². The molecule has 0 radical (unpaired) electrons. The minimum atomic E-state index is 0.497. The number of anilines is 1. The van der Waals surface area contributed by atoms with Crippen molar-refractivity contribution in [3.63, 3.8) is 0 Å². The van der Waals surface area contributed by atoms with Crippen LogP contribution < -0.4 is 5.73 Å². The summed E-state index contributed by atoms with van der Waals surface area (Å²) in [6.45, 7) is 4.20. The second-order valence-electron chi connectivity index (χ2n) is 5.23. The molecule has 6 heteroatoms. The van der Waals surface area contributed by atoms with Crippen molar-refractivity contribution in [3.05, 3.63) is 33.9 Å². The van der Waals surface area contributed by atoms with Gasteiger partial charge < -0.3 is 5.73 Å². The van der Waals surface area contributed by atoms with Crippen molar-refractivity contribution in [1.82, 2.24) is 19.3 Å². The van der Waals surface area contributed by atoms with Crippen LogP contribution in [-0.4, -0.2) is 19.3 Å². The van der Waals surface area contributed by atoms with Crippen LogP contribution in [0.4, 0.5) is 5.95 Å². The fourth-order valence-electron chi connectivity index (χ4n) is 2.62. The van der Waals surface area contributed by atoms with E-state index in [1.165, 1.54) is 0 Å². The van der Waals surface area contributed by atoms with Gasteiger partial charge in [0.2, 0.25) is 5.95 Å². The van der Waals surface area contributed by atoms with E-state index >= 15 is 0 Å². The van der Waals surface area contributed by atoms with E-state index in [1.54, 1.807) is 0 Å². The van der Waals surface area contributed by atoms with E-state index < -0.39 is 0 Å². The molecule has 3 aromatic rings. The summed E-state index contributed by atoms with van der Waals surface area (Å²) >= 11 is 3.53. The first-order chi connectivity index (χ1) is 10.0. The normalized spacial score (nSPS) is 11.4. The molecule has 2 N–H and O–H groups in total. The average Bonchev–Trinajstić information content (AvgIpc) is 2.92. The Bertz CT molecular complexity index is 815. The van der Waals surface area contributed by atoms with Gasteiger partial charge in [-0.05, 0) is 37.1 Å². The minimum absolute atomic E-state index is 0.497. The summed E-state index contributed by atoms with van der Waals surface area (Å²) in [5.41, 5.74) is 11.2. The molecule has 0 bridgehead atoms. The summed E-state index contributed by atoms with van der Waals surface area (Å²) in [6, 6.07) is 6.15. The van der Waals surface area contributed by atoms with Gasteiger partial charge in [-0.25, -0.2) is 9.67 Å². The first-order valence-corrected chi connectivity index (χ1v) is 7.78. The molecule has 0 unspecified atom stereocenters. The smallest absolute Gasteiger partial charge is 0.207 e. The molecule has 3 rings (SSSR count). The molecule has 0 saturated carbocycles. The third-order valence-corrected chi connectivity index (χ3v) is 4.51. The molecule has 2 heterocycles. The molecule has 110 valence electrons. The summed E-state index contributed by atoms with van der Waals surface area (Å²) in [6.07, 6.45) is 1.95. The SMILES string of the molecule is CCCc1nn(C)c2c1nc(N)n2-c1ccc(Br)c(C)c1. The van der Waals surface area contributed by atoms with E-state index in [0.717, 1.165) is 45.4 Å². The number of rotatable bonds is 3. The fourth-order valence-corrected chi connectivity index (χ4v) is 2.87. The Balaban J connectivity index is 2.27. The molecular weight excluding hydrogens is 330 g/mol. The third kappa shape index (κ3) is 2.23. The second-order valence-corrected chi connectivity index (χ2v) is 6.09. The van der Waals surface area contributed by atoms with Crippen molar-refractivity contribution in [2.45, 2.75) is 26.7 Å². The summed E-state index contributed by atoms with van der Waals surface area (Å²) < 4.78 is 4.90. The Hall–Kier alpha value is -1.82. The molecule has 21 heavy (non-hydrogen) atoms. The molecule has 1 aromatic carbocycles. The molecule has 0 aliphatic carbocycles. The van der Waals surface area contributed by atoms with E-state index in [1.807, 2.05) is 28.4 Å². The van der Waals surface area contributed by atoms with E-state index in [2.05, 4.69) is 45.9 Å². The van der Waals surface area contributed by atoms with Crippen molar-refractivity contribution in [2.75, 3.05) is 5.73 Å². The van der Waals surface area contributed by atoms with Crippen molar-refractivity contribution in [2.24, 2.45) is 7.05 Å². The highest BCUT2D eigenvalue weighted by molar-refractivity contribution is 9.10. The molecule has 0 aliphatic heterocycles. The van der Waals surface area contributed by atoms with Gasteiger partial charge in [-0.1, -0.05) is 29.3 Å². The van der Waals surface area contributed by atoms with Crippen LogP contribution in [0.1, 0.15) is 24.6 Å². The zero-order chi connectivity index (χ0) is 15.1. The van der Waals surface area contributed by atoms with Crippen molar-refractivity contribution in [1.29, 1.82) is 0 Å². The van der Waals surface area contributed by atoms with Crippen molar-refractivity contribution < 1.29 is 0 Å². The number of aromatic nitrogens is 4. The van der Waals surface area contributed by atoms with Crippen LogP contribution in [0.2, 0.25) is 0 Å². The largest absolute Gasteiger partial charge is 0.369 e. The number of hydrogen-bond acceptors (Lipinski definition) is 3. The molecule has 0 amide bonds. The molecule has 0 spiro atoms. The number of aryl methyl sites for hydroxylation is 3. The lowest BCUT2D eigenvalue weighted by atomic mass is 10.2. The van der Waals surface area contributed by atoms with Crippen LogP contribution in [0.15, 0.2) is 22.7 Å². The molecule has 0 saturated heterocycles. The van der Waals surface area contributed by atoms with Crippen LogP contribution in [0.25, 0.3) is 16.9 Å². The Labute approximate surface area is 131 Å². The van der Waals surface area contributed by atoms with Gasteiger partial charge in [0.25, 0.3) is 0 Å². The average molecular weight is 348 g/mol. The van der Waals surface area contributed by atoms with E-state index in [4.69, 9.17) is 5.73 Å². The van der Waals surface area contributed by atoms with E-state index in [9.17, 15) is 0 Å². The zero-order valence-electron chi connectivity index (χ0n) is 12.4. The predicted octanol–water partition coefficient (Wildman–Crippen LogP) is 3.36. The number of nitrogen functional groups attached to an aromatic ring is 1. The Morgan fingerprint density at radius 3 is 2.76 bits per heavy atom. The van der Waals surface area contributed by atoms with Gasteiger partial charge in [-0.15, -0.1) is 0 Å². The first kappa shape index (κ1) is 14.1. The minimum Gasteiger partial charge on any atom is -0.369 e. The van der Waals surface area contributed by atoms with Crippen LogP contribution in [0, 0.1) is 6.92 Å². The lowest BCUT2D eigenvalue weighted by Crippen LogP contribution is -2.05. The highest BCUT2D eigenvalue weighted by Crippen LogP contribution is 2.27. The quantitative estimate of drug-likeness (QED) is 0.789. The van der Waals surface area contributed by atoms with Gasteiger partial charge in [0.05, 0.1) is 11.4 Å². The lowest BCUT2D eigenvalue weighted by molar-refractivity contribution is 0.737. The fraction of sp³-hybridized carbons (Fsp3) is 0.333. The topological polar surface area (TPSA) is 61.7 Å². The third-order valence-electron chi connectivity index (χ3n) is 3.62. The number of nitrogens with zero attached hydrogens (tertiary/aromatic N) is 4. The molecule has 0 fully saturated rings. The zero-order valence-corrected chi connectivity index (χ0v) is 14.0. The Morgan fingerprint density at radius 1 is 1.33 bits per heavy atom. The number of nitrogens with two attached hydrogens (primary N) is 1. The van der Waals surface area contributed by atoms with E-state index in [0.29, 0.717) is 5.95 Å². The van der Waals surface area contributed by atoms with Gasteiger partial charge in [-0.3, -0.25) is 4.57 Å². The monoisotopic (exact) mass is 347 g/mol. The summed E-state index contributed by atoms with van der Waals surface area (Å²) in [4.78, 5) is 4.53. The first-order valence-electron chi connectivity index (χ1n) is 6.99. The summed E-state index contributed by atoms with van der Waals surface area (Å²) in [5.74, 6) is 0.497. The van der Waals surface area contributed by atoms with Gasteiger partial charge >= 0.3 is 0 Å². The van der Waals surface area contributed by atoms with Crippen LogP contribution in [0.5, 0.6) is 0 Å². The van der Waals surface area contributed by atoms with Gasteiger partial charge in [0, 0.05) is 11.5 Å². The van der Waals surface area contributed by atoms with Gasteiger partial charge in [0.1, 0.15) is 5.52 Å². The Kier molecular flexibility index (Phi) is 3.49. The number of halogens is 1. The highest BCUT2D eigenvalue weighted by Gasteiger charge is 2.18. The summed E-state index contributed by atoms with van der Waals surface area (Å²) in [7, 11) is 1.94. The maximum absolute atomic E-state index is 6.15. The van der Waals surface area contributed by atoms with Crippen LogP contribution >= 0.6 is 15.9 Å². The molecule has 0 aliphatic rings. The predicted molar refractivity (Wildman–Crippen MR) is 88.7 cm³/mol.